The van der Waals surface area contributed by atoms with Crippen molar-refractivity contribution in [2.75, 3.05) is 9.80 Å². The van der Waals surface area contributed by atoms with E-state index >= 15 is 0 Å². The summed E-state index contributed by atoms with van der Waals surface area (Å²) in [7, 11) is 0. The van der Waals surface area contributed by atoms with Gasteiger partial charge in [0.25, 0.3) is 0 Å². The first kappa shape index (κ1) is 50.8. The van der Waals surface area contributed by atoms with Crippen LogP contribution in [0.15, 0.2) is 255 Å². The van der Waals surface area contributed by atoms with Crippen LogP contribution in [0.4, 0.5) is 34.1 Å². The SMILES string of the molecule is Cc1ccc(C=Cc2ccc(N(c3ccc(C=Cc4ccc(C)cc4)cc3)c3cc4c5ccccc5c(N(c5ccc(C=Cc6ccc(C)cc6)cc5)c5ccc(C=Cc6ccc(C)cc6)cc5)cc4c4ccccc34)cc2)cc1. The standard InChI is InChI=1S/C78H62N2/c1-55-13-21-59(22-14-55)29-33-63-37-45-67(46-38-63)79(68-47-39-64(40-48-68)34-30-60-23-15-56(2)16-24-60)77-53-75-72-10-6-8-12-74(72)78(54-76(75)71-9-5-7-11-73(71)77)80(69-49-41-65(42-50-69)35-31-61-25-17-57(3)18-26-61)70-51-43-66(44-52-70)36-32-62-27-19-58(4)20-28-62/h5-54H,1-4H3. The van der Waals surface area contributed by atoms with E-state index in [1.165, 1.54) is 66.1 Å². The monoisotopic (exact) mass is 1030 g/mol. The van der Waals surface area contributed by atoms with Crippen molar-refractivity contribution >= 4 is 115 Å². The molecule has 0 heterocycles. The van der Waals surface area contributed by atoms with Crippen LogP contribution in [0, 0.1) is 27.7 Å². The highest BCUT2D eigenvalue weighted by atomic mass is 15.2. The molecule has 2 heteroatoms. The molecule has 0 amide bonds. The number of nitrogens with zero attached hydrogens (tertiary/aromatic N) is 2. The molecule has 12 rings (SSSR count). The van der Waals surface area contributed by atoms with Gasteiger partial charge in [-0.3, -0.25) is 0 Å². The Bertz CT molecular complexity index is 3760. The Morgan fingerprint density at radius 1 is 0.200 bits per heavy atom. The molecule has 0 aromatic heterocycles. The van der Waals surface area contributed by atoms with Crippen molar-refractivity contribution < 1.29 is 0 Å². The predicted octanol–water partition coefficient (Wildman–Crippen LogP) is 22.0. The fourth-order valence-corrected chi connectivity index (χ4v) is 10.6. The van der Waals surface area contributed by atoms with Gasteiger partial charge in [-0.15, -0.1) is 0 Å². The Morgan fingerprint density at radius 2 is 0.388 bits per heavy atom. The largest absolute Gasteiger partial charge is 0.310 e. The molecule has 0 N–H and O–H groups in total. The maximum Gasteiger partial charge on any atom is 0.0546 e. The van der Waals surface area contributed by atoms with Crippen molar-refractivity contribution in [3.05, 3.63) is 322 Å². The van der Waals surface area contributed by atoms with E-state index in [1.54, 1.807) is 0 Å². The van der Waals surface area contributed by atoms with Crippen molar-refractivity contribution in [2.24, 2.45) is 0 Å². The van der Waals surface area contributed by atoms with Crippen molar-refractivity contribution in [2.45, 2.75) is 27.7 Å². The Hall–Kier alpha value is -10.0. The van der Waals surface area contributed by atoms with Crippen LogP contribution in [-0.2, 0) is 0 Å². The molecule has 0 bridgehead atoms. The van der Waals surface area contributed by atoms with Crippen LogP contribution in [0.5, 0.6) is 0 Å². The van der Waals surface area contributed by atoms with Crippen LogP contribution in [0.2, 0.25) is 0 Å². The molecule has 0 fully saturated rings. The van der Waals surface area contributed by atoms with E-state index in [0.717, 1.165) is 67.2 Å². The van der Waals surface area contributed by atoms with Gasteiger partial charge in [0, 0.05) is 33.5 Å². The maximum absolute atomic E-state index is 2.43. The van der Waals surface area contributed by atoms with Crippen LogP contribution in [0.3, 0.4) is 0 Å². The highest BCUT2D eigenvalue weighted by molar-refractivity contribution is 6.24. The summed E-state index contributed by atoms with van der Waals surface area (Å²) in [5.74, 6) is 0. The number of fused-ring (bicyclic) bond motifs is 5. The van der Waals surface area contributed by atoms with E-state index < -0.39 is 0 Å². The zero-order chi connectivity index (χ0) is 54.4. The third-order valence-electron chi connectivity index (χ3n) is 15.1. The third-order valence-corrected chi connectivity index (χ3v) is 15.1. The first-order valence-electron chi connectivity index (χ1n) is 27.6. The van der Waals surface area contributed by atoms with Gasteiger partial charge in [0.05, 0.1) is 11.4 Å². The first-order valence-corrected chi connectivity index (χ1v) is 27.6. The minimum Gasteiger partial charge on any atom is -0.310 e. The van der Waals surface area contributed by atoms with Crippen molar-refractivity contribution in [1.82, 2.24) is 0 Å². The van der Waals surface area contributed by atoms with Gasteiger partial charge in [-0.25, -0.2) is 0 Å². The second-order valence-electron chi connectivity index (χ2n) is 21.0. The minimum absolute atomic E-state index is 1.08. The summed E-state index contributed by atoms with van der Waals surface area (Å²) in [6.45, 7) is 8.50. The van der Waals surface area contributed by atoms with Gasteiger partial charge in [0.1, 0.15) is 0 Å². The lowest BCUT2D eigenvalue weighted by atomic mass is 9.93. The van der Waals surface area contributed by atoms with E-state index in [4.69, 9.17) is 0 Å². The second kappa shape index (κ2) is 22.9. The lowest BCUT2D eigenvalue weighted by molar-refractivity contribution is 1.29. The van der Waals surface area contributed by atoms with Crippen molar-refractivity contribution in [3.63, 3.8) is 0 Å². The highest BCUT2D eigenvalue weighted by Gasteiger charge is 2.22. The summed E-state index contributed by atoms with van der Waals surface area (Å²) in [5.41, 5.74) is 20.8. The fourth-order valence-electron chi connectivity index (χ4n) is 10.6. The molecule has 12 aromatic carbocycles. The topological polar surface area (TPSA) is 6.48 Å². The molecule has 0 atom stereocenters. The first-order chi connectivity index (χ1) is 39.2. The van der Waals surface area contributed by atoms with Gasteiger partial charge in [-0.2, -0.15) is 0 Å². The number of benzene rings is 12. The van der Waals surface area contributed by atoms with Crippen LogP contribution >= 0.6 is 0 Å². The Kier molecular flexibility index (Phi) is 14.5. The summed E-state index contributed by atoms with van der Waals surface area (Å²) in [5, 5.41) is 7.06. The minimum atomic E-state index is 1.08. The van der Waals surface area contributed by atoms with Gasteiger partial charge < -0.3 is 9.80 Å². The molecule has 0 unspecified atom stereocenters. The predicted molar refractivity (Wildman–Crippen MR) is 349 cm³/mol. The quantitative estimate of drug-likeness (QED) is 0.0791. The second-order valence-corrected chi connectivity index (χ2v) is 21.0. The summed E-state index contributed by atoms with van der Waals surface area (Å²) in [6, 6.07) is 93.2. The summed E-state index contributed by atoms with van der Waals surface area (Å²) in [6.07, 6.45) is 17.5. The van der Waals surface area contributed by atoms with Crippen molar-refractivity contribution in [1.29, 1.82) is 0 Å². The molecular formula is C78H62N2. The number of hydrogen-bond acceptors (Lipinski definition) is 2. The fraction of sp³-hybridized carbons (Fsp3) is 0.0513. The zero-order valence-corrected chi connectivity index (χ0v) is 45.8. The Labute approximate surface area is 471 Å². The van der Waals surface area contributed by atoms with Crippen LogP contribution < -0.4 is 9.80 Å². The lowest BCUT2D eigenvalue weighted by Gasteiger charge is -2.30. The highest BCUT2D eigenvalue weighted by Crippen LogP contribution is 2.48. The summed E-state index contributed by atoms with van der Waals surface area (Å²) >= 11 is 0. The normalized spacial score (nSPS) is 11.8. The van der Waals surface area contributed by atoms with E-state index in [-0.39, 0.29) is 0 Å². The molecule has 0 aliphatic carbocycles. The molecule has 0 aliphatic rings. The molecule has 0 saturated heterocycles. The molecule has 80 heavy (non-hydrogen) atoms. The molecule has 384 valence electrons. The lowest BCUT2D eigenvalue weighted by Crippen LogP contribution is -2.12. The number of anilines is 6. The van der Waals surface area contributed by atoms with Gasteiger partial charge >= 0.3 is 0 Å². The van der Waals surface area contributed by atoms with E-state index in [1.807, 2.05) is 0 Å². The molecule has 2 nitrogen and oxygen atoms in total. The molecular weight excluding hydrogens is 965 g/mol. The van der Waals surface area contributed by atoms with E-state index in [2.05, 4.69) is 341 Å². The van der Waals surface area contributed by atoms with Gasteiger partial charge in [-0.05, 0) is 154 Å². The average Bonchev–Trinajstić information content (AvgIpc) is 3.69. The summed E-state index contributed by atoms with van der Waals surface area (Å²) < 4.78 is 0. The smallest absolute Gasteiger partial charge is 0.0546 e. The molecule has 0 spiro atoms. The number of hydrogen-bond donors (Lipinski definition) is 0. The Morgan fingerprint density at radius 3 is 0.600 bits per heavy atom. The van der Waals surface area contributed by atoms with Gasteiger partial charge in [0.2, 0.25) is 0 Å². The number of aryl methyl sites for hydroxylation is 4. The molecule has 0 aliphatic heterocycles. The number of rotatable bonds is 14. The van der Waals surface area contributed by atoms with E-state index in [0.29, 0.717) is 0 Å². The van der Waals surface area contributed by atoms with Gasteiger partial charge in [0.15, 0.2) is 0 Å². The maximum atomic E-state index is 2.43. The zero-order valence-electron chi connectivity index (χ0n) is 45.8. The van der Waals surface area contributed by atoms with Crippen LogP contribution in [0.1, 0.15) is 66.8 Å². The summed E-state index contributed by atoms with van der Waals surface area (Å²) in [4.78, 5) is 4.86. The molecule has 0 saturated carbocycles. The average molecular weight is 1030 g/mol. The van der Waals surface area contributed by atoms with Crippen molar-refractivity contribution in [3.8, 4) is 0 Å². The molecule has 0 radical (unpaired) electrons. The molecule has 12 aromatic rings. The third kappa shape index (κ3) is 11.3. The van der Waals surface area contributed by atoms with Crippen LogP contribution in [0.25, 0.3) is 80.9 Å². The van der Waals surface area contributed by atoms with Crippen LogP contribution in [-0.4, -0.2) is 0 Å². The van der Waals surface area contributed by atoms with Gasteiger partial charge in [-0.1, -0.05) is 265 Å². The van der Waals surface area contributed by atoms with E-state index in [9.17, 15) is 0 Å². The Balaban J connectivity index is 0.992.